The van der Waals surface area contributed by atoms with Gasteiger partial charge in [0.1, 0.15) is 13.2 Å². The molecular formula is C17H17N5O2. The van der Waals surface area contributed by atoms with Crippen molar-refractivity contribution in [1.82, 2.24) is 5.32 Å². The van der Waals surface area contributed by atoms with Gasteiger partial charge in [-0.2, -0.15) is 0 Å². The van der Waals surface area contributed by atoms with Gasteiger partial charge in [-0.1, -0.05) is 24.3 Å². The van der Waals surface area contributed by atoms with Crippen molar-refractivity contribution in [3.05, 3.63) is 54.1 Å². The van der Waals surface area contributed by atoms with Gasteiger partial charge in [-0.25, -0.2) is 9.98 Å². The van der Waals surface area contributed by atoms with Crippen LogP contribution >= 0.6 is 0 Å². The quantitative estimate of drug-likeness (QED) is 0.784. The maximum absolute atomic E-state index is 5.91. The number of hydrogen-bond acceptors (Lipinski definition) is 7. The Bertz CT molecular complexity index is 804. The second-order valence-electron chi connectivity index (χ2n) is 5.38. The van der Waals surface area contributed by atoms with Crippen LogP contribution in [0.15, 0.2) is 58.5 Å². The third-order valence-corrected chi connectivity index (χ3v) is 3.66. The van der Waals surface area contributed by atoms with Crippen LogP contribution < -0.4 is 25.8 Å². The minimum Gasteiger partial charge on any atom is -0.486 e. The van der Waals surface area contributed by atoms with E-state index >= 15 is 0 Å². The van der Waals surface area contributed by atoms with E-state index in [9.17, 15) is 0 Å². The van der Waals surface area contributed by atoms with Crippen LogP contribution in [0.1, 0.15) is 11.7 Å². The molecule has 2 aromatic carbocycles. The zero-order valence-corrected chi connectivity index (χ0v) is 12.9. The molecule has 0 fully saturated rings. The van der Waals surface area contributed by atoms with Gasteiger partial charge in [-0.05, 0) is 24.3 Å². The number of aliphatic imine (C=N–C) groups is 2. The summed E-state index contributed by atoms with van der Waals surface area (Å²) in [6, 6.07) is 15.4. The Balaban J connectivity index is 1.60. The van der Waals surface area contributed by atoms with E-state index in [1.165, 1.54) is 0 Å². The van der Waals surface area contributed by atoms with E-state index in [1.54, 1.807) is 0 Å². The van der Waals surface area contributed by atoms with Crippen molar-refractivity contribution < 1.29 is 9.47 Å². The smallest absolute Gasteiger partial charge is 0.205 e. The molecule has 4 rings (SSSR count). The normalized spacial score (nSPS) is 18.9. The summed E-state index contributed by atoms with van der Waals surface area (Å²) in [6.45, 7) is 1.10. The van der Waals surface area contributed by atoms with Crippen molar-refractivity contribution in [1.29, 1.82) is 0 Å². The van der Waals surface area contributed by atoms with Gasteiger partial charge in [0.2, 0.25) is 5.96 Å². The molecule has 2 aliphatic heterocycles. The lowest BCUT2D eigenvalue weighted by Crippen LogP contribution is -2.43. The summed E-state index contributed by atoms with van der Waals surface area (Å²) < 4.78 is 11.2. The van der Waals surface area contributed by atoms with Crippen molar-refractivity contribution in [2.75, 3.05) is 18.5 Å². The third kappa shape index (κ3) is 2.96. The summed E-state index contributed by atoms with van der Waals surface area (Å²) in [7, 11) is 0. The minimum absolute atomic E-state index is 0.309. The molecule has 1 atom stereocenters. The van der Waals surface area contributed by atoms with E-state index < -0.39 is 6.17 Å². The Morgan fingerprint density at radius 2 is 1.79 bits per heavy atom. The molecule has 2 heterocycles. The van der Waals surface area contributed by atoms with E-state index in [4.69, 9.17) is 15.2 Å². The highest BCUT2D eigenvalue weighted by atomic mass is 16.6. The lowest BCUT2D eigenvalue weighted by atomic mass is 10.1. The van der Waals surface area contributed by atoms with Crippen molar-refractivity contribution in [2.24, 2.45) is 15.7 Å². The Kier molecular flexibility index (Phi) is 3.66. The van der Waals surface area contributed by atoms with Gasteiger partial charge in [-0.3, -0.25) is 5.32 Å². The van der Waals surface area contributed by atoms with Crippen LogP contribution in [0.25, 0.3) is 0 Å². The number of fused-ring (bicyclic) bond motifs is 1. The molecule has 1 unspecified atom stereocenters. The van der Waals surface area contributed by atoms with E-state index in [1.807, 2.05) is 48.5 Å². The Morgan fingerprint density at radius 1 is 1.00 bits per heavy atom. The predicted octanol–water partition coefficient (Wildman–Crippen LogP) is 1.84. The number of nitrogens with two attached hydrogens (primary N) is 1. The first-order valence-corrected chi connectivity index (χ1v) is 7.68. The Labute approximate surface area is 139 Å². The lowest BCUT2D eigenvalue weighted by molar-refractivity contribution is 0.171. The Hall–Kier alpha value is -3.22. The van der Waals surface area contributed by atoms with Crippen molar-refractivity contribution in [3.63, 3.8) is 0 Å². The molecule has 0 amide bonds. The summed E-state index contributed by atoms with van der Waals surface area (Å²) in [5.74, 6) is 2.30. The number of rotatable bonds is 2. The zero-order valence-electron chi connectivity index (χ0n) is 12.9. The molecule has 0 aromatic heterocycles. The monoisotopic (exact) mass is 323 g/mol. The first-order valence-electron chi connectivity index (χ1n) is 7.68. The van der Waals surface area contributed by atoms with Crippen molar-refractivity contribution in [3.8, 4) is 11.5 Å². The van der Waals surface area contributed by atoms with Gasteiger partial charge in [0, 0.05) is 11.3 Å². The molecule has 0 aliphatic carbocycles. The second-order valence-corrected chi connectivity index (χ2v) is 5.38. The molecule has 2 aromatic rings. The lowest BCUT2D eigenvalue weighted by Gasteiger charge is -2.22. The molecule has 0 saturated heterocycles. The summed E-state index contributed by atoms with van der Waals surface area (Å²) >= 11 is 0. The average Bonchev–Trinajstić information content (AvgIpc) is 2.62. The van der Waals surface area contributed by atoms with Gasteiger partial charge in [0.15, 0.2) is 23.6 Å². The molecule has 0 bridgehead atoms. The van der Waals surface area contributed by atoms with Crippen LogP contribution in [0.5, 0.6) is 11.5 Å². The summed E-state index contributed by atoms with van der Waals surface area (Å²) in [5, 5.41) is 6.13. The number of ether oxygens (including phenoxy) is 2. The molecule has 2 aliphatic rings. The van der Waals surface area contributed by atoms with Crippen LogP contribution in [-0.4, -0.2) is 25.1 Å². The molecule has 4 N–H and O–H groups in total. The standard InChI is InChI=1S/C17H17N5O2/c18-16-20-15(11-6-7-13-14(10-11)24-9-8-23-13)21-17(22-16)19-12-4-2-1-3-5-12/h1-7,10,15H,8-9H2,(H4,18,19,20,21,22). The van der Waals surface area contributed by atoms with Gasteiger partial charge in [-0.15, -0.1) is 0 Å². The number of guanidine groups is 2. The maximum atomic E-state index is 5.91. The largest absolute Gasteiger partial charge is 0.486 e. The summed E-state index contributed by atoms with van der Waals surface area (Å²) in [4.78, 5) is 8.93. The maximum Gasteiger partial charge on any atom is 0.205 e. The predicted molar refractivity (Wildman–Crippen MR) is 92.4 cm³/mol. The first-order chi connectivity index (χ1) is 11.8. The van der Waals surface area contributed by atoms with Gasteiger partial charge in [0.05, 0.1) is 0 Å². The SMILES string of the molecule is NC1=NC(c2ccc3c(c2)OCCO3)N=C(Nc2ccccc2)N1. The summed E-state index contributed by atoms with van der Waals surface area (Å²) in [5.41, 5.74) is 7.71. The highest BCUT2D eigenvalue weighted by Crippen LogP contribution is 2.34. The Morgan fingerprint density at radius 3 is 2.62 bits per heavy atom. The van der Waals surface area contributed by atoms with E-state index in [0.29, 0.717) is 30.9 Å². The fraction of sp³-hybridized carbons (Fsp3) is 0.176. The topological polar surface area (TPSA) is 93.3 Å². The number of hydrogen-bond donors (Lipinski definition) is 3. The van der Waals surface area contributed by atoms with E-state index in [2.05, 4.69) is 20.6 Å². The highest BCUT2D eigenvalue weighted by molar-refractivity contribution is 6.05. The van der Waals surface area contributed by atoms with Crippen molar-refractivity contribution in [2.45, 2.75) is 6.17 Å². The molecule has 122 valence electrons. The first kappa shape index (κ1) is 14.4. The van der Waals surface area contributed by atoms with Crippen LogP contribution in [0.4, 0.5) is 5.69 Å². The van der Waals surface area contributed by atoms with Gasteiger partial charge >= 0.3 is 0 Å². The number of para-hydroxylation sites is 1. The van der Waals surface area contributed by atoms with Crippen molar-refractivity contribution >= 4 is 17.6 Å². The molecule has 0 radical (unpaired) electrons. The van der Waals surface area contributed by atoms with Crippen LogP contribution in [-0.2, 0) is 0 Å². The third-order valence-electron chi connectivity index (χ3n) is 3.66. The number of nitrogens with one attached hydrogen (secondary N) is 2. The van der Waals surface area contributed by atoms with Gasteiger partial charge < -0.3 is 20.5 Å². The highest BCUT2D eigenvalue weighted by Gasteiger charge is 2.20. The second kappa shape index (κ2) is 6.11. The fourth-order valence-electron chi connectivity index (χ4n) is 2.56. The van der Waals surface area contributed by atoms with Crippen LogP contribution in [0.2, 0.25) is 0 Å². The molecule has 7 heteroatoms. The molecule has 0 spiro atoms. The van der Waals surface area contributed by atoms with Crippen LogP contribution in [0.3, 0.4) is 0 Å². The number of benzene rings is 2. The molecule has 24 heavy (non-hydrogen) atoms. The van der Waals surface area contributed by atoms with E-state index in [0.717, 1.165) is 17.0 Å². The summed E-state index contributed by atoms with van der Waals surface area (Å²) in [6.07, 6.45) is -0.437. The zero-order chi connectivity index (χ0) is 16.4. The number of anilines is 1. The molecule has 7 nitrogen and oxygen atoms in total. The van der Waals surface area contributed by atoms with Gasteiger partial charge in [0.25, 0.3) is 0 Å². The van der Waals surface area contributed by atoms with E-state index in [-0.39, 0.29) is 0 Å². The van der Waals surface area contributed by atoms with Crippen LogP contribution in [0, 0.1) is 0 Å². The molecule has 0 saturated carbocycles. The minimum atomic E-state index is -0.437. The molecular weight excluding hydrogens is 306 g/mol. The average molecular weight is 323 g/mol. The number of nitrogens with zero attached hydrogens (tertiary/aromatic N) is 2. The fourth-order valence-corrected chi connectivity index (χ4v) is 2.56.